The summed E-state index contributed by atoms with van der Waals surface area (Å²) >= 11 is 1.48. The summed E-state index contributed by atoms with van der Waals surface area (Å²) in [6.45, 7) is 1.10. The molecule has 0 saturated carbocycles. The number of furan rings is 1. The van der Waals surface area contributed by atoms with E-state index < -0.39 is 12.7 Å². The molecule has 3 heterocycles. The maximum Gasteiger partial charge on any atom is 0.387 e. The van der Waals surface area contributed by atoms with Crippen LogP contribution in [0.25, 0.3) is 0 Å². The predicted molar refractivity (Wildman–Crippen MR) is 128 cm³/mol. The molecule has 0 unspecified atom stereocenters. The van der Waals surface area contributed by atoms with Gasteiger partial charge < -0.3 is 19.8 Å². The van der Waals surface area contributed by atoms with Crippen molar-refractivity contribution in [2.45, 2.75) is 32.9 Å². The third kappa shape index (κ3) is 5.60. The van der Waals surface area contributed by atoms with Crippen LogP contribution in [0.1, 0.15) is 45.1 Å². The van der Waals surface area contributed by atoms with Crippen molar-refractivity contribution in [2.24, 2.45) is 0 Å². The lowest BCUT2D eigenvalue weighted by atomic mass is 9.99. The summed E-state index contributed by atoms with van der Waals surface area (Å²) < 4.78 is 35.0. The van der Waals surface area contributed by atoms with Crippen LogP contribution < -0.4 is 15.4 Å². The number of pyridine rings is 1. The molecule has 0 fully saturated rings. The highest BCUT2D eigenvalue weighted by molar-refractivity contribution is 7.16. The van der Waals surface area contributed by atoms with Gasteiger partial charge in [0.15, 0.2) is 5.76 Å². The SMILES string of the molecule is CCc1cc([C@H](Nc2cc(C)ccn2)c2ccc(OC(F)F)cc2)c(NC(=O)c2ccco2)s1. The van der Waals surface area contributed by atoms with Gasteiger partial charge in [0.1, 0.15) is 16.6 Å². The molecule has 3 aromatic heterocycles. The van der Waals surface area contributed by atoms with Crippen molar-refractivity contribution >= 4 is 28.1 Å². The number of rotatable bonds is 9. The molecule has 176 valence electrons. The molecule has 0 radical (unpaired) electrons. The zero-order valence-electron chi connectivity index (χ0n) is 18.5. The molecule has 0 bridgehead atoms. The Balaban J connectivity index is 1.73. The number of amides is 1. The van der Waals surface area contributed by atoms with Crippen molar-refractivity contribution in [1.82, 2.24) is 4.98 Å². The molecule has 0 aliphatic carbocycles. The molecular formula is C25H23F2N3O3S. The van der Waals surface area contributed by atoms with E-state index in [4.69, 9.17) is 4.42 Å². The van der Waals surface area contributed by atoms with Crippen molar-refractivity contribution < 1.29 is 22.7 Å². The number of anilines is 2. The number of alkyl halides is 2. The number of thiophene rings is 1. The Bertz CT molecular complexity index is 1240. The van der Waals surface area contributed by atoms with E-state index in [1.54, 1.807) is 30.5 Å². The lowest BCUT2D eigenvalue weighted by Gasteiger charge is -2.21. The fourth-order valence-corrected chi connectivity index (χ4v) is 4.49. The van der Waals surface area contributed by atoms with Crippen LogP contribution in [-0.4, -0.2) is 17.5 Å². The molecular weight excluding hydrogens is 460 g/mol. The zero-order valence-corrected chi connectivity index (χ0v) is 19.4. The normalized spacial score (nSPS) is 11.9. The maximum absolute atomic E-state index is 12.7. The quantitative estimate of drug-likeness (QED) is 0.278. The summed E-state index contributed by atoms with van der Waals surface area (Å²) in [4.78, 5) is 18.2. The molecule has 9 heteroatoms. The van der Waals surface area contributed by atoms with Crippen LogP contribution >= 0.6 is 11.3 Å². The zero-order chi connectivity index (χ0) is 24.1. The van der Waals surface area contributed by atoms with Gasteiger partial charge >= 0.3 is 6.61 Å². The van der Waals surface area contributed by atoms with Crippen LogP contribution in [0.4, 0.5) is 19.6 Å². The molecule has 4 rings (SSSR count). The first-order valence-corrected chi connectivity index (χ1v) is 11.5. The van der Waals surface area contributed by atoms with E-state index in [0.29, 0.717) is 10.8 Å². The minimum atomic E-state index is -2.90. The highest BCUT2D eigenvalue weighted by Crippen LogP contribution is 2.38. The molecule has 0 aliphatic rings. The molecule has 0 spiro atoms. The molecule has 4 aromatic rings. The van der Waals surface area contributed by atoms with E-state index in [0.717, 1.165) is 28.0 Å². The first kappa shape index (κ1) is 23.4. The van der Waals surface area contributed by atoms with E-state index in [1.807, 2.05) is 32.0 Å². The minimum absolute atomic E-state index is 0.0668. The number of benzene rings is 1. The Kier molecular flexibility index (Phi) is 7.22. The van der Waals surface area contributed by atoms with Gasteiger partial charge in [-0.2, -0.15) is 8.78 Å². The number of aromatic nitrogens is 1. The van der Waals surface area contributed by atoms with Crippen LogP contribution in [0.5, 0.6) is 5.75 Å². The van der Waals surface area contributed by atoms with Crippen LogP contribution in [0.3, 0.4) is 0 Å². The Hall–Kier alpha value is -3.72. The standard InChI is InChI=1S/C25H23F2N3O3S/c1-3-18-14-19(24(34-18)30-23(31)20-5-4-12-32-20)22(29-21-13-15(2)10-11-28-21)16-6-8-17(9-7-16)33-25(26)27/h4-14,22,25H,3H2,1-2H3,(H,28,29)(H,30,31)/t22-/m1/s1. The number of hydrogen-bond donors (Lipinski definition) is 2. The summed E-state index contributed by atoms with van der Waals surface area (Å²) in [6.07, 6.45) is 3.93. The summed E-state index contributed by atoms with van der Waals surface area (Å²) in [5.41, 5.74) is 2.65. The Morgan fingerprint density at radius 3 is 2.62 bits per heavy atom. The van der Waals surface area contributed by atoms with Gasteiger partial charge in [-0.3, -0.25) is 4.79 Å². The fraction of sp³-hybridized carbons (Fsp3) is 0.200. The van der Waals surface area contributed by atoms with Crippen molar-refractivity contribution in [3.8, 4) is 5.75 Å². The number of nitrogens with one attached hydrogen (secondary N) is 2. The van der Waals surface area contributed by atoms with Crippen molar-refractivity contribution in [1.29, 1.82) is 0 Å². The highest BCUT2D eigenvalue weighted by atomic mass is 32.1. The van der Waals surface area contributed by atoms with Gasteiger partial charge in [-0.25, -0.2) is 4.98 Å². The first-order chi connectivity index (χ1) is 16.4. The van der Waals surface area contributed by atoms with E-state index in [1.165, 1.54) is 29.7 Å². The number of nitrogens with zero attached hydrogens (tertiary/aromatic N) is 1. The van der Waals surface area contributed by atoms with Gasteiger partial charge in [0.2, 0.25) is 0 Å². The Morgan fingerprint density at radius 1 is 1.18 bits per heavy atom. The van der Waals surface area contributed by atoms with Gasteiger partial charge in [-0.15, -0.1) is 11.3 Å². The average Bonchev–Trinajstić information content (AvgIpc) is 3.48. The second-order valence-electron chi connectivity index (χ2n) is 7.53. The number of carbonyl (C=O) groups is 1. The number of ether oxygens (including phenoxy) is 1. The smallest absolute Gasteiger partial charge is 0.387 e. The molecule has 34 heavy (non-hydrogen) atoms. The Labute approximate surface area is 199 Å². The van der Waals surface area contributed by atoms with Crippen molar-refractivity contribution in [2.75, 3.05) is 10.6 Å². The van der Waals surface area contributed by atoms with Crippen LogP contribution in [0, 0.1) is 6.92 Å². The fourth-order valence-electron chi connectivity index (χ4n) is 3.46. The highest BCUT2D eigenvalue weighted by Gasteiger charge is 2.23. The molecule has 1 amide bonds. The number of hydrogen-bond acceptors (Lipinski definition) is 6. The molecule has 1 atom stereocenters. The van der Waals surface area contributed by atoms with Crippen LogP contribution in [-0.2, 0) is 6.42 Å². The Morgan fingerprint density at radius 2 is 1.97 bits per heavy atom. The maximum atomic E-state index is 12.7. The number of halogens is 2. The molecule has 2 N–H and O–H groups in total. The molecule has 6 nitrogen and oxygen atoms in total. The summed E-state index contributed by atoms with van der Waals surface area (Å²) in [7, 11) is 0. The molecule has 1 aromatic carbocycles. The van der Waals surface area contributed by atoms with Crippen LogP contribution in [0.15, 0.2) is 71.5 Å². The lowest BCUT2D eigenvalue weighted by molar-refractivity contribution is -0.0498. The average molecular weight is 484 g/mol. The van der Waals surface area contributed by atoms with E-state index in [2.05, 4.69) is 20.4 Å². The van der Waals surface area contributed by atoms with E-state index in [-0.39, 0.29) is 17.4 Å². The van der Waals surface area contributed by atoms with Gasteiger partial charge in [0.25, 0.3) is 5.91 Å². The third-order valence-corrected chi connectivity index (χ3v) is 6.30. The largest absolute Gasteiger partial charge is 0.459 e. The number of carbonyl (C=O) groups excluding carboxylic acids is 1. The summed E-state index contributed by atoms with van der Waals surface area (Å²) in [5.74, 6) is 0.558. The van der Waals surface area contributed by atoms with Crippen LogP contribution in [0.2, 0.25) is 0 Å². The van der Waals surface area contributed by atoms with Crippen molar-refractivity contribution in [3.63, 3.8) is 0 Å². The monoisotopic (exact) mass is 483 g/mol. The topological polar surface area (TPSA) is 76.4 Å². The van der Waals surface area contributed by atoms with Gasteiger partial charge in [-0.1, -0.05) is 19.1 Å². The van der Waals surface area contributed by atoms with Gasteiger partial charge in [-0.05, 0) is 66.9 Å². The summed E-state index contributed by atoms with van der Waals surface area (Å²) in [6, 6.07) is 15.1. The predicted octanol–water partition coefficient (Wildman–Crippen LogP) is 6.66. The molecule has 0 saturated heterocycles. The van der Waals surface area contributed by atoms with E-state index >= 15 is 0 Å². The van der Waals surface area contributed by atoms with Gasteiger partial charge in [0.05, 0.1) is 12.3 Å². The second kappa shape index (κ2) is 10.5. The lowest BCUT2D eigenvalue weighted by Crippen LogP contribution is -2.17. The first-order valence-electron chi connectivity index (χ1n) is 10.6. The second-order valence-corrected chi connectivity index (χ2v) is 8.66. The number of aryl methyl sites for hydroxylation is 2. The van der Waals surface area contributed by atoms with Crippen molar-refractivity contribution in [3.05, 3.63) is 94.4 Å². The van der Waals surface area contributed by atoms with E-state index in [9.17, 15) is 13.6 Å². The van der Waals surface area contributed by atoms with Gasteiger partial charge in [0, 0.05) is 16.6 Å². The molecule has 0 aliphatic heterocycles. The summed E-state index contributed by atoms with van der Waals surface area (Å²) in [5, 5.41) is 7.05. The third-order valence-electron chi connectivity index (χ3n) is 5.09. The minimum Gasteiger partial charge on any atom is -0.459 e.